The lowest BCUT2D eigenvalue weighted by Gasteiger charge is -2.23. The molecule has 0 saturated carbocycles. The van der Waals surface area contributed by atoms with Gasteiger partial charge < -0.3 is 4.74 Å². The molecule has 0 fully saturated rings. The number of hydrogen-bond donors (Lipinski definition) is 0. The highest BCUT2D eigenvalue weighted by Gasteiger charge is 2.26. The van der Waals surface area contributed by atoms with Gasteiger partial charge in [-0.25, -0.2) is 18.2 Å². The number of carbonyl (C=O) groups excluding carboxylic acids is 1. The summed E-state index contributed by atoms with van der Waals surface area (Å²) in [4.78, 5) is 16.7. The van der Waals surface area contributed by atoms with Crippen molar-refractivity contribution >= 4 is 56.2 Å². The van der Waals surface area contributed by atoms with E-state index in [1.165, 1.54) is 35.6 Å². The number of aromatic nitrogens is 1. The molecule has 0 unspecified atom stereocenters. The highest BCUT2D eigenvalue weighted by Crippen LogP contribution is 2.28. The summed E-state index contributed by atoms with van der Waals surface area (Å²) in [6, 6.07) is 10.3. The molecule has 1 aromatic heterocycles. The minimum atomic E-state index is -4.02. The Morgan fingerprint density at radius 1 is 1.23 bits per heavy atom. The average molecular weight is 497 g/mol. The highest BCUT2D eigenvalue weighted by atomic mass is 35.5. The van der Waals surface area contributed by atoms with Gasteiger partial charge >= 0.3 is 5.97 Å². The summed E-state index contributed by atoms with van der Waals surface area (Å²) in [5, 5.41) is 3.19. The molecule has 0 radical (unpaired) electrons. The molecule has 0 saturated heterocycles. The van der Waals surface area contributed by atoms with E-state index in [0.717, 1.165) is 9.31 Å². The molecule has 1 heterocycles. The van der Waals surface area contributed by atoms with E-state index in [0.29, 0.717) is 16.4 Å². The van der Waals surface area contributed by atoms with E-state index in [2.05, 4.69) is 11.6 Å². The molecule has 0 atom stereocenters. The van der Waals surface area contributed by atoms with Crippen LogP contribution in [0.15, 0.2) is 65.4 Å². The normalized spacial score (nSPS) is 11.2. The molecule has 6 nitrogen and oxygen atoms in total. The Morgan fingerprint density at radius 3 is 2.55 bits per heavy atom. The van der Waals surface area contributed by atoms with Crippen LogP contribution >= 0.6 is 34.5 Å². The van der Waals surface area contributed by atoms with Crippen LogP contribution in [-0.4, -0.2) is 25.9 Å². The van der Waals surface area contributed by atoms with E-state index >= 15 is 0 Å². The highest BCUT2D eigenvalue weighted by molar-refractivity contribution is 7.92. The SMILES string of the molecule is C=CCN(c1ccc(Cl)cc1)S(=O)(=O)c1ccc(Cl)c(C(=O)OCc2csc(C)n2)c1. The molecule has 162 valence electrons. The number of sulfonamides is 1. The zero-order valence-electron chi connectivity index (χ0n) is 16.4. The van der Waals surface area contributed by atoms with Crippen molar-refractivity contribution in [3.8, 4) is 0 Å². The topological polar surface area (TPSA) is 76.6 Å². The van der Waals surface area contributed by atoms with Gasteiger partial charge in [-0.15, -0.1) is 17.9 Å². The molecule has 0 aliphatic rings. The molecular formula is C21H18Cl2N2O4S2. The maximum Gasteiger partial charge on any atom is 0.340 e. The van der Waals surface area contributed by atoms with E-state index in [1.807, 2.05) is 6.92 Å². The number of nitrogens with zero attached hydrogens (tertiary/aromatic N) is 2. The number of ether oxygens (including phenoxy) is 1. The van der Waals surface area contributed by atoms with E-state index < -0.39 is 16.0 Å². The summed E-state index contributed by atoms with van der Waals surface area (Å²) in [5.41, 5.74) is 0.960. The van der Waals surface area contributed by atoms with E-state index in [1.54, 1.807) is 29.6 Å². The summed E-state index contributed by atoms with van der Waals surface area (Å²) >= 11 is 13.5. The Balaban J connectivity index is 1.91. The van der Waals surface area contributed by atoms with Gasteiger partial charge in [-0.3, -0.25) is 4.31 Å². The standard InChI is InChI=1S/C21H18Cl2N2O4S2/c1-3-10-25(17-6-4-15(22)5-7-17)31(27,28)18-8-9-20(23)19(11-18)21(26)29-12-16-13-30-14(2)24-16/h3-9,11,13H,1,10,12H2,2H3. The molecule has 0 N–H and O–H groups in total. The van der Waals surface area contributed by atoms with Crippen molar-refractivity contribution in [1.29, 1.82) is 0 Å². The van der Waals surface area contributed by atoms with Gasteiger partial charge in [0.05, 0.1) is 38.4 Å². The number of esters is 1. The number of thiazole rings is 1. The Bertz CT molecular complexity index is 1210. The molecule has 10 heteroatoms. The molecule has 0 aliphatic heterocycles. The lowest BCUT2D eigenvalue weighted by Crippen LogP contribution is -2.31. The maximum atomic E-state index is 13.3. The van der Waals surface area contributed by atoms with Gasteiger partial charge in [-0.2, -0.15) is 0 Å². The molecule has 3 aromatic rings. The largest absolute Gasteiger partial charge is 0.456 e. The van der Waals surface area contributed by atoms with Crippen molar-refractivity contribution in [2.75, 3.05) is 10.8 Å². The first-order valence-corrected chi connectivity index (χ1v) is 12.1. The van der Waals surface area contributed by atoms with Crippen molar-refractivity contribution < 1.29 is 17.9 Å². The van der Waals surface area contributed by atoms with Crippen LogP contribution in [-0.2, 0) is 21.4 Å². The van der Waals surface area contributed by atoms with Crippen molar-refractivity contribution in [2.45, 2.75) is 18.4 Å². The van der Waals surface area contributed by atoms with Crippen LogP contribution in [0.25, 0.3) is 0 Å². The third-order valence-electron chi connectivity index (χ3n) is 4.17. The zero-order valence-corrected chi connectivity index (χ0v) is 19.6. The van der Waals surface area contributed by atoms with Gasteiger partial charge in [-0.05, 0) is 49.4 Å². The number of aryl methyl sites for hydroxylation is 1. The van der Waals surface area contributed by atoms with Crippen LogP contribution in [0.2, 0.25) is 10.0 Å². The Morgan fingerprint density at radius 2 is 1.94 bits per heavy atom. The Kier molecular flexibility index (Phi) is 7.38. The fourth-order valence-electron chi connectivity index (χ4n) is 2.71. The summed E-state index contributed by atoms with van der Waals surface area (Å²) in [6.45, 7) is 5.46. The molecule has 0 spiro atoms. The van der Waals surface area contributed by atoms with Crippen LogP contribution in [0, 0.1) is 6.92 Å². The van der Waals surface area contributed by atoms with Crippen LogP contribution in [0.3, 0.4) is 0 Å². The van der Waals surface area contributed by atoms with Gasteiger partial charge in [0.25, 0.3) is 10.0 Å². The second-order valence-electron chi connectivity index (χ2n) is 6.38. The Hall–Kier alpha value is -2.39. The summed E-state index contributed by atoms with van der Waals surface area (Å²) in [6.07, 6.45) is 1.47. The molecular weight excluding hydrogens is 479 g/mol. The van der Waals surface area contributed by atoms with Gasteiger partial charge in [0.15, 0.2) is 0 Å². The van der Waals surface area contributed by atoms with E-state index in [9.17, 15) is 13.2 Å². The molecule has 0 aliphatic carbocycles. The number of halogens is 2. The number of benzene rings is 2. The van der Waals surface area contributed by atoms with Crippen molar-refractivity contribution in [1.82, 2.24) is 4.98 Å². The summed E-state index contributed by atoms with van der Waals surface area (Å²) < 4.78 is 33.1. The quantitative estimate of drug-likeness (QED) is 0.304. The molecule has 31 heavy (non-hydrogen) atoms. The van der Waals surface area contributed by atoms with Gasteiger partial charge in [0.2, 0.25) is 0 Å². The minimum Gasteiger partial charge on any atom is -0.456 e. The average Bonchev–Trinajstić information content (AvgIpc) is 3.16. The van der Waals surface area contributed by atoms with Crippen molar-refractivity contribution in [2.24, 2.45) is 0 Å². The first-order chi connectivity index (χ1) is 14.7. The predicted molar refractivity (Wildman–Crippen MR) is 124 cm³/mol. The van der Waals surface area contributed by atoms with Crippen molar-refractivity contribution in [3.63, 3.8) is 0 Å². The van der Waals surface area contributed by atoms with Crippen molar-refractivity contribution in [3.05, 3.63) is 86.8 Å². The van der Waals surface area contributed by atoms with E-state index in [4.69, 9.17) is 27.9 Å². The van der Waals surface area contributed by atoms with Gasteiger partial charge in [0.1, 0.15) is 6.61 Å². The second kappa shape index (κ2) is 9.82. The molecule has 0 bridgehead atoms. The maximum absolute atomic E-state index is 13.3. The first kappa shape index (κ1) is 23.3. The smallest absolute Gasteiger partial charge is 0.340 e. The second-order valence-corrected chi connectivity index (χ2v) is 10.1. The van der Waals surface area contributed by atoms with Gasteiger partial charge in [-0.1, -0.05) is 29.3 Å². The van der Waals surface area contributed by atoms with Crippen LogP contribution in [0.1, 0.15) is 21.1 Å². The minimum absolute atomic E-state index is 0.0234. The molecule has 2 aromatic carbocycles. The number of carbonyl (C=O) groups is 1. The zero-order chi connectivity index (χ0) is 22.6. The monoisotopic (exact) mass is 496 g/mol. The summed E-state index contributed by atoms with van der Waals surface area (Å²) in [5.74, 6) is -0.741. The molecule has 3 rings (SSSR count). The number of rotatable bonds is 8. The third-order valence-corrected chi connectivity index (χ3v) is 7.37. The molecule has 0 amide bonds. The first-order valence-electron chi connectivity index (χ1n) is 8.99. The lowest BCUT2D eigenvalue weighted by molar-refractivity contribution is 0.0468. The third kappa shape index (κ3) is 5.46. The lowest BCUT2D eigenvalue weighted by atomic mass is 10.2. The van der Waals surface area contributed by atoms with Crippen LogP contribution in [0.5, 0.6) is 0 Å². The van der Waals surface area contributed by atoms with Crippen LogP contribution < -0.4 is 4.31 Å². The van der Waals surface area contributed by atoms with Gasteiger partial charge in [0, 0.05) is 10.4 Å². The number of anilines is 1. The van der Waals surface area contributed by atoms with Crippen LogP contribution in [0.4, 0.5) is 5.69 Å². The Labute approximate surface area is 194 Å². The fourth-order valence-corrected chi connectivity index (χ4v) is 5.09. The summed E-state index contributed by atoms with van der Waals surface area (Å²) in [7, 11) is -4.02. The van der Waals surface area contributed by atoms with E-state index in [-0.39, 0.29) is 28.6 Å². The predicted octanol–water partition coefficient (Wildman–Crippen LogP) is 5.50. The fraction of sp³-hybridized carbons (Fsp3) is 0.143. The number of hydrogen-bond acceptors (Lipinski definition) is 6.